The molecule has 0 aromatic heterocycles. The first-order valence-electron chi connectivity index (χ1n) is 7.13. The molecule has 0 spiro atoms. The Bertz CT molecular complexity index is 575. The Labute approximate surface area is 128 Å². The number of carbonyl (C=O) groups excluding carboxylic acids is 1. The Morgan fingerprint density at radius 3 is 2.55 bits per heavy atom. The van der Waals surface area contributed by atoms with Crippen LogP contribution in [0.2, 0.25) is 0 Å². The van der Waals surface area contributed by atoms with Crippen LogP contribution in [-0.2, 0) is 4.79 Å². The van der Waals surface area contributed by atoms with Crippen molar-refractivity contribution in [3.8, 4) is 0 Å². The molecular weight excluding hydrogens is 314 g/mol. The Hall–Kier alpha value is -1.09. The molecule has 2 saturated carbocycles. The molecule has 2 aliphatic rings. The van der Waals surface area contributed by atoms with Crippen LogP contribution in [-0.4, -0.2) is 5.91 Å². The second kappa shape index (κ2) is 4.45. The van der Waals surface area contributed by atoms with Gasteiger partial charge in [0.05, 0.1) is 5.41 Å². The molecule has 3 rings (SSSR count). The predicted molar refractivity (Wildman–Crippen MR) is 85.5 cm³/mol. The molecule has 1 N–H and O–H groups in total. The normalized spacial score (nSPS) is 30.6. The van der Waals surface area contributed by atoms with E-state index in [9.17, 15) is 4.79 Å². The molecule has 3 heteroatoms. The van der Waals surface area contributed by atoms with Crippen LogP contribution in [0.5, 0.6) is 0 Å². The topological polar surface area (TPSA) is 29.1 Å². The van der Waals surface area contributed by atoms with Crippen molar-refractivity contribution in [2.75, 3.05) is 5.32 Å². The van der Waals surface area contributed by atoms with Gasteiger partial charge in [0, 0.05) is 10.2 Å². The van der Waals surface area contributed by atoms with E-state index in [1.807, 2.05) is 24.3 Å². The number of halogens is 1. The van der Waals surface area contributed by atoms with Crippen LogP contribution >= 0.6 is 15.9 Å². The first-order chi connectivity index (χ1) is 9.36. The number of nitrogens with one attached hydrogen (secondary N) is 1. The number of hydrogen-bond donors (Lipinski definition) is 1. The average Bonchev–Trinajstić information content (AvgIpc) is 2.93. The highest BCUT2D eigenvalue weighted by Gasteiger charge is 2.60. The third kappa shape index (κ3) is 1.86. The van der Waals surface area contributed by atoms with E-state index >= 15 is 0 Å². The lowest BCUT2D eigenvalue weighted by Gasteiger charge is -2.37. The number of benzene rings is 1. The summed E-state index contributed by atoms with van der Waals surface area (Å²) in [5.74, 6) is 0.726. The summed E-state index contributed by atoms with van der Waals surface area (Å²) in [7, 11) is 0. The molecule has 0 radical (unpaired) electrons. The van der Waals surface area contributed by atoms with Crippen molar-refractivity contribution in [1.82, 2.24) is 0 Å². The van der Waals surface area contributed by atoms with Crippen LogP contribution < -0.4 is 5.32 Å². The molecule has 20 heavy (non-hydrogen) atoms. The van der Waals surface area contributed by atoms with Gasteiger partial charge in [-0.3, -0.25) is 4.79 Å². The SMILES string of the molecule is C=C1C2(C(=O)Nc3ccc(Br)cc3)CCC(C2)C1(C)C. The fourth-order valence-corrected chi connectivity index (χ4v) is 4.19. The molecule has 2 nitrogen and oxygen atoms in total. The zero-order chi connectivity index (χ0) is 14.5. The Morgan fingerprint density at radius 2 is 2.00 bits per heavy atom. The van der Waals surface area contributed by atoms with Crippen molar-refractivity contribution < 1.29 is 4.79 Å². The second-order valence-corrected chi connectivity index (χ2v) is 7.60. The summed E-state index contributed by atoms with van der Waals surface area (Å²) in [6.07, 6.45) is 3.04. The van der Waals surface area contributed by atoms with Gasteiger partial charge in [-0.05, 0) is 54.9 Å². The van der Waals surface area contributed by atoms with E-state index in [1.54, 1.807) is 0 Å². The summed E-state index contributed by atoms with van der Waals surface area (Å²) >= 11 is 3.41. The van der Waals surface area contributed by atoms with Gasteiger partial charge in [-0.25, -0.2) is 0 Å². The maximum Gasteiger partial charge on any atom is 0.234 e. The Morgan fingerprint density at radius 1 is 1.35 bits per heavy atom. The highest BCUT2D eigenvalue weighted by atomic mass is 79.9. The molecule has 1 amide bonds. The van der Waals surface area contributed by atoms with Crippen LogP contribution in [0.15, 0.2) is 40.9 Å². The van der Waals surface area contributed by atoms with Crippen molar-refractivity contribution in [3.05, 3.63) is 40.9 Å². The molecule has 2 fully saturated rings. The molecule has 0 saturated heterocycles. The first-order valence-corrected chi connectivity index (χ1v) is 7.92. The maximum atomic E-state index is 12.8. The molecule has 2 bridgehead atoms. The van der Waals surface area contributed by atoms with Crippen LogP contribution in [0.1, 0.15) is 33.1 Å². The molecule has 106 valence electrons. The van der Waals surface area contributed by atoms with Crippen LogP contribution in [0, 0.1) is 16.7 Å². The monoisotopic (exact) mass is 333 g/mol. The standard InChI is InChI=1S/C17H20BrNO/c1-11-16(2,3)12-8-9-17(11,10-12)15(20)19-14-6-4-13(18)5-7-14/h4-7,12H,1,8-10H2,2-3H3,(H,19,20). The molecular formula is C17H20BrNO. The largest absolute Gasteiger partial charge is 0.325 e. The summed E-state index contributed by atoms with van der Waals surface area (Å²) in [6, 6.07) is 7.73. The van der Waals surface area contributed by atoms with Gasteiger partial charge in [-0.2, -0.15) is 0 Å². The van der Waals surface area contributed by atoms with Gasteiger partial charge in [0.25, 0.3) is 0 Å². The predicted octanol–water partition coefficient (Wildman–Crippen LogP) is 4.77. The van der Waals surface area contributed by atoms with Gasteiger partial charge in [0.15, 0.2) is 0 Å². The van der Waals surface area contributed by atoms with E-state index in [0.717, 1.165) is 35.0 Å². The zero-order valence-corrected chi connectivity index (χ0v) is 13.6. The molecule has 1 aromatic carbocycles. The molecule has 2 atom stereocenters. The minimum atomic E-state index is -0.346. The van der Waals surface area contributed by atoms with Crippen molar-refractivity contribution in [2.24, 2.45) is 16.7 Å². The third-order valence-electron chi connectivity index (χ3n) is 5.43. The summed E-state index contributed by atoms with van der Waals surface area (Å²) in [5.41, 5.74) is 1.72. The fourth-order valence-electron chi connectivity index (χ4n) is 3.93. The van der Waals surface area contributed by atoms with Crippen LogP contribution in [0.25, 0.3) is 0 Å². The smallest absolute Gasteiger partial charge is 0.234 e. The van der Waals surface area contributed by atoms with Gasteiger partial charge in [-0.1, -0.05) is 41.9 Å². The number of hydrogen-bond acceptors (Lipinski definition) is 1. The molecule has 1 aromatic rings. The Kier molecular flexibility index (Phi) is 3.09. The Balaban J connectivity index is 1.84. The van der Waals surface area contributed by atoms with E-state index in [0.29, 0.717) is 5.92 Å². The molecule has 0 aliphatic heterocycles. The van der Waals surface area contributed by atoms with Crippen molar-refractivity contribution >= 4 is 27.5 Å². The van der Waals surface area contributed by atoms with E-state index < -0.39 is 0 Å². The second-order valence-electron chi connectivity index (χ2n) is 6.68. The summed E-state index contributed by atoms with van der Waals surface area (Å²) in [6.45, 7) is 8.73. The summed E-state index contributed by atoms with van der Waals surface area (Å²) in [4.78, 5) is 12.8. The lowest BCUT2D eigenvalue weighted by atomic mass is 9.68. The van der Waals surface area contributed by atoms with E-state index in [-0.39, 0.29) is 16.7 Å². The van der Waals surface area contributed by atoms with Crippen LogP contribution in [0.3, 0.4) is 0 Å². The van der Waals surface area contributed by atoms with Gasteiger partial charge >= 0.3 is 0 Å². The summed E-state index contributed by atoms with van der Waals surface area (Å²) < 4.78 is 1.01. The first kappa shape index (κ1) is 13.9. The van der Waals surface area contributed by atoms with Gasteiger partial charge in [-0.15, -0.1) is 0 Å². The number of carbonyl (C=O) groups is 1. The van der Waals surface area contributed by atoms with Crippen LogP contribution in [0.4, 0.5) is 5.69 Å². The number of rotatable bonds is 2. The number of amides is 1. The lowest BCUT2D eigenvalue weighted by molar-refractivity contribution is -0.123. The fraction of sp³-hybridized carbons (Fsp3) is 0.471. The quantitative estimate of drug-likeness (QED) is 0.776. The van der Waals surface area contributed by atoms with Crippen molar-refractivity contribution in [2.45, 2.75) is 33.1 Å². The maximum absolute atomic E-state index is 12.8. The zero-order valence-electron chi connectivity index (χ0n) is 12.0. The van der Waals surface area contributed by atoms with Gasteiger partial charge < -0.3 is 5.32 Å². The van der Waals surface area contributed by atoms with E-state index in [4.69, 9.17) is 0 Å². The van der Waals surface area contributed by atoms with Gasteiger partial charge in [0.1, 0.15) is 0 Å². The highest BCUT2D eigenvalue weighted by Crippen LogP contribution is 2.65. The van der Waals surface area contributed by atoms with Gasteiger partial charge in [0.2, 0.25) is 5.91 Å². The minimum absolute atomic E-state index is 0.0926. The number of anilines is 1. The van der Waals surface area contributed by atoms with E-state index in [2.05, 4.69) is 41.7 Å². The highest BCUT2D eigenvalue weighted by molar-refractivity contribution is 9.10. The average molecular weight is 334 g/mol. The molecule has 2 unspecified atom stereocenters. The molecule has 2 aliphatic carbocycles. The number of fused-ring (bicyclic) bond motifs is 2. The third-order valence-corrected chi connectivity index (χ3v) is 5.96. The van der Waals surface area contributed by atoms with Crippen molar-refractivity contribution in [3.63, 3.8) is 0 Å². The summed E-state index contributed by atoms with van der Waals surface area (Å²) in [5, 5.41) is 3.08. The van der Waals surface area contributed by atoms with E-state index in [1.165, 1.54) is 0 Å². The molecule has 0 heterocycles. The lowest BCUT2D eigenvalue weighted by Crippen LogP contribution is -2.37. The minimum Gasteiger partial charge on any atom is -0.325 e. The van der Waals surface area contributed by atoms with Crippen molar-refractivity contribution in [1.29, 1.82) is 0 Å².